The molecule has 1 fully saturated rings. The molecule has 0 spiro atoms. The van der Waals surface area contributed by atoms with E-state index in [4.69, 9.17) is 9.47 Å². The summed E-state index contributed by atoms with van der Waals surface area (Å²) in [7, 11) is -3.94. The number of sulfonamides is 1. The van der Waals surface area contributed by atoms with Gasteiger partial charge in [0.15, 0.2) is 6.61 Å². The van der Waals surface area contributed by atoms with Crippen molar-refractivity contribution in [2.45, 2.75) is 23.9 Å². The van der Waals surface area contributed by atoms with Crippen molar-refractivity contribution in [1.29, 1.82) is 0 Å². The van der Waals surface area contributed by atoms with Crippen LogP contribution in [0.2, 0.25) is 0 Å². The molecular weight excluding hydrogens is 635 g/mol. The van der Waals surface area contributed by atoms with Gasteiger partial charge in [-0.3, -0.25) is 19.2 Å². The van der Waals surface area contributed by atoms with Gasteiger partial charge in [-0.15, -0.1) is 0 Å². The summed E-state index contributed by atoms with van der Waals surface area (Å²) in [5, 5.41) is 3.05. The number of nitrogens with one attached hydrogen (secondary N) is 2. The number of nitrogens with zero attached hydrogens (tertiary/aromatic N) is 2. The lowest BCUT2D eigenvalue weighted by molar-refractivity contribution is -0.142. The zero-order valence-corrected chi connectivity index (χ0v) is 27.3. The van der Waals surface area contributed by atoms with Gasteiger partial charge in [-0.2, -0.15) is 0 Å². The van der Waals surface area contributed by atoms with Crippen molar-refractivity contribution < 1.29 is 31.9 Å². The number of morpholine rings is 1. The first-order valence-electron chi connectivity index (χ1n) is 15.7. The van der Waals surface area contributed by atoms with Crippen molar-refractivity contribution >= 4 is 27.5 Å². The third kappa shape index (κ3) is 10.1. The molecule has 1 aliphatic heterocycles. The molecule has 252 valence electrons. The molecule has 0 aliphatic carbocycles. The average molecular weight is 675 g/mol. The maximum Gasteiger partial charge on any atom is 0.261 e. The van der Waals surface area contributed by atoms with Crippen molar-refractivity contribution in [3.63, 3.8) is 0 Å². The number of ether oxygens (including phenoxy) is 2. The van der Waals surface area contributed by atoms with Crippen LogP contribution in [0, 0.1) is 5.82 Å². The Morgan fingerprint density at radius 1 is 0.854 bits per heavy atom. The molecule has 0 saturated carbocycles. The second kappa shape index (κ2) is 16.9. The molecule has 4 aromatic carbocycles. The minimum atomic E-state index is -3.94. The fourth-order valence-electron chi connectivity index (χ4n) is 5.29. The predicted molar refractivity (Wildman–Crippen MR) is 180 cm³/mol. The van der Waals surface area contributed by atoms with Crippen molar-refractivity contribution in [3.8, 4) is 5.75 Å². The zero-order valence-electron chi connectivity index (χ0n) is 26.5. The minimum Gasteiger partial charge on any atom is -0.484 e. The molecule has 1 saturated heterocycles. The maximum atomic E-state index is 13.9. The van der Waals surface area contributed by atoms with E-state index < -0.39 is 27.8 Å². The number of hydrogen-bond acceptors (Lipinski definition) is 7. The van der Waals surface area contributed by atoms with E-state index >= 15 is 0 Å². The summed E-state index contributed by atoms with van der Waals surface area (Å²) >= 11 is 0. The number of rotatable bonds is 15. The monoisotopic (exact) mass is 674 g/mol. The van der Waals surface area contributed by atoms with Crippen LogP contribution in [0.5, 0.6) is 5.75 Å². The summed E-state index contributed by atoms with van der Waals surface area (Å²) in [6, 6.07) is 28.8. The predicted octanol–water partition coefficient (Wildman–Crippen LogP) is 4.09. The minimum absolute atomic E-state index is 0.0344. The number of carbonyl (C=O) groups excluding carboxylic acids is 2. The molecule has 2 amide bonds. The molecule has 1 atom stereocenters. The number of benzene rings is 4. The SMILES string of the molecule is O=C(NCCN1CCOCC1)[C@@H](Cc1ccccc1)N(Cc1ccccc1)C(=O)COc1ccc(S(=O)(=O)Nc2ccc(F)cc2)cc1. The van der Waals surface area contributed by atoms with Gasteiger partial charge in [0.2, 0.25) is 5.91 Å². The second-order valence-corrected chi connectivity index (χ2v) is 13.0. The van der Waals surface area contributed by atoms with Crippen LogP contribution in [-0.4, -0.2) is 82.1 Å². The first kappa shape index (κ1) is 34.6. The number of carbonyl (C=O) groups is 2. The van der Waals surface area contributed by atoms with E-state index in [1.807, 2.05) is 60.7 Å². The van der Waals surface area contributed by atoms with Crippen LogP contribution in [0.25, 0.3) is 0 Å². The molecule has 0 aromatic heterocycles. The van der Waals surface area contributed by atoms with Crippen molar-refractivity contribution in [1.82, 2.24) is 15.1 Å². The van der Waals surface area contributed by atoms with Gasteiger partial charge >= 0.3 is 0 Å². The quantitative estimate of drug-likeness (QED) is 0.195. The Hall–Kier alpha value is -4.78. The fraction of sp³-hybridized carbons (Fsp3) is 0.278. The third-order valence-corrected chi connectivity index (χ3v) is 9.29. The first-order valence-corrected chi connectivity index (χ1v) is 17.2. The highest BCUT2D eigenvalue weighted by Crippen LogP contribution is 2.21. The molecule has 48 heavy (non-hydrogen) atoms. The Morgan fingerprint density at radius 3 is 2.12 bits per heavy atom. The van der Waals surface area contributed by atoms with Gasteiger partial charge < -0.3 is 19.7 Å². The Labute approximate surface area is 280 Å². The molecule has 2 N–H and O–H groups in total. The molecule has 0 bridgehead atoms. The molecule has 4 aromatic rings. The number of halogens is 1. The second-order valence-electron chi connectivity index (χ2n) is 11.3. The number of amides is 2. The Balaban J connectivity index is 1.30. The highest BCUT2D eigenvalue weighted by atomic mass is 32.2. The van der Waals surface area contributed by atoms with Gasteiger partial charge in [0.25, 0.3) is 15.9 Å². The fourth-order valence-corrected chi connectivity index (χ4v) is 6.35. The summed E-state index contributed by atoms with van der Waals surface area (Å²) in [4.78, 5) is 31.4. The normalized spacial score (nSPS) is 14.1. The highest BCUT2D eigenvalue weighted by molar-refractivity contribution is 7.92. The van der Waals surface area contributed by atoms with Crippen LogP contribution in [-0.2, 0) is 37.3 Å². The molecule has 0 radical (unpaired) electrons. The number of anilines is 1. The van der Waals surface area contributed by atoms with Crippen LogP contribution in [0.3, 0.4) is 0 Å². The topological polar surface area (TPSA) is 117 Å². The highest BCUT2D eigenvalue weighted by Gasteiger charge is 2.31. The van der Waals surface area contributed by atoms with Crippen LogP contribution in [0.15, 0.2) is 114 Å². The van der Waals surface area contributed by atoms with Gasteiger partial charge in [-0.25, -0.2) is 12.8 Å². The average Bonchev–Trinajstić information content (AvgIpc) is 3.11. The Kier molecular flexibility index (Phi) is 12.1. The summed E-state index contributed by atoms with van der Waals surface area (Å²) in [5.41, 5.74) is 1.98. The van der Waals surface area contributed by atoms with Crippen molar-refractivity contribution in [2.24, 2.45) is 0 Å². The van der Waals surface area contributed by atoms with Gasteiger partial charge in [0, 0.05) is 44.8 Å². The molecule has 5 rings (SSSR count). The van der Waals surface area contributed by atoms with Crippen molar-refractivity contribution in [2.75, 3.05) is 50.7 Å². The third-order valence-electron chi connectivity index (χ3n) is 7.89. The van der Waals surface area contributed by atoms with E-state index in [1.54, 1.807) is 0 Å². The maximum absolute atomic E-state index is 13.9. The summed E-state index contributed by atoms with van der Waals surface area (Å²) in [5.74, 6) is -0.872. The van der Waals surface area contributed by atoms with Crippen LogP contribution in [0.1, 0.15) is 11.1 Å². The summed E-state index contributed by atoms with van der Waals surface area (Å²) in [6.45, 7) is 3.84. The van der Waals surface area contributed by atoms with E-state index in [0.29, 0.717) is 32.7 Å². The zero-order chi connectivity index (χ0) is 33.8. The lowest BCUT2D eigenvalue weighted by Crippen LogP contribution is -2.52. The lowest BCUT2D eigenvalue weighted by Gasteiger charge is -2.32. The first-order chi connectivity index (χ1) is 23.3. The van der Waals surface area contributed by atoms with E-state index in [9.17, 15) is 22.4 Å². The Bertz CT molecular complexity index is 1720. The van der Waals surface area contributed by atoms with Gasteiger partial charge in [0.1, 0.15) is 17.6 Å². The van der Waals surface area contributed by atoms with Crippen LogP contribution in [0.4, 0.5) is 10.1 Å². The van der Waals surface area contributed by atoms with Gasteiger partial charge in [-0.05, 0) is 59.7 Å². The standard InChI is InChI=1S/C36H39FN4O6S/c37-30-11-13-31(14-12-30)39-48(44,45)33-17-15-32(16-18-33)47-27-35(42)41(26-29-9-5-2-6-10-29)34(25-28-7-3-1-4-8-28)36(43)38-19-20-40-21-23-46-24-22-40/h1-18,34,39H,19-27H2,(H,38,43)/t34-/m1/s1. The summed E-state index contributed by atoms with van der Waals surface area (Å²) < 4.78 is 52.5. The molecular formula is C36H39FN4O6S. The van der Waals surface area contributed by atoms with E-state index in [-0.39, 0.29) is 35.4 Å². The molecule has 1 aliphatic rings. The summed E-state index contributed by atoms with van der Waals surface area (Å²) in [6.07, 6.45) is 0.302. The molecule has 12 heteroatoms. The number of hydrogen-bond donors (Lipinski definition) is 2. The van der Waals surface area contributed by atoms with Crippen molar-refractivity contribution in [3.05, 3.63) is 126 Å². The van der Waals surface area contributed by atoms with E-state index in [0.717, 1.165) is 36.3 Å². The van der Waals surface area contributed by atoms with E-state index in [1.165, 1.54) is 41.3 Å². The molecule has 0 unspecified atom stereocenters. The van der Waals surface area contributed by atoms with Crippen LogP contribution < -0.4 is 14.8 Å². The lowest BCUT2D eigenvalue weighted by atomic mass is 10.0. The Morgan fingerprint density at radius 2 is 1.48 bits per heavy atom. The van der Waals surface area contributed by atoms with Gasteiger partial charge in [0.05, 0.1) is 18.1 Å². The molecule has 1 heterocycles. The van der Waals surface area contributed by atoms with Gasteiger partial charge in [-0.1, -0.05) is 60.7 Å². The largest absolute Gasteiger partial charge is 0.484 e. The molecule has 10 nitrogen and oxygen atoms in total. The van der Waals surface area contributed by atoms with E-state index in [2.05, 4.69) is 14.9 Å². The van der Waals surface area contributed by atoms with Crippen LogP contribution >= 0.6 is 0 Å². The smallest absolute Gasteiger partial charge is 0.261 e.